The highest BCUT2D eigenvalue weighted by molar-refractivity contribution is 7.99. The molecule has 0 spiro atoms. The molecule has 1 unspecified atom stereocenters. The van der Waals surface area contributed by atoms with Gasteiger partial charge in [-0.2, -0.15) is 0 Å². The minimum atomic E-state index is -0.489. The van der Waals surface area contributed by atoms with Gasteiger partial charge < -0.3 is 15.4 Å². The normalized spacial score (nSPS) is 22.5. The fraction of sp³-hybridized carbons (Fsp3) is 0.846. The largest absolute Gasteiger partial charge is 0.394 e. The summed E-state index contributed by atoms with van der Waals surface area (Å²) in [5, 5.41) is 18.9. The monoisotopic (exact) mass is 282 g/mol. The molecule has 2 fully saturated rings. The molecular weight excluding hydrogens is 260 g/mol. The number of aromatic nitrogens is 3. The zero-order chi connectivity index (χ0) is 13.5. The maximum Gasteiger partial charge on any atom is 0.191 e. The molecule has 0 radical (unpaired) electrons. The molecule has 0 aromatic carbocycles. The molecule has 106 valence electrons. The Morgan fingerprint density at radius 2 is 2.11 bits per heavy atom. The number of rotatable bonds is 7. The van der Waals surface area contributed by atoms with E-state index in [1.54, 1.807) is 11.8 Å². The molecule has 2 aliphatic carbocycles. The van der Waals surface area contributed by atoms with Crippen molar-refractivity contribution in [2.75, 3.05) is 12.4 Å². The summed E-state index contributed by atoms with van der Waals surface area (Å²) in [6.07, 6.45) is 5.83. The van der Waals surface area contributed by atoms with E-state index in [2.05, 4.69) is 14.8 Å². The van der Waals surface area contributed by atoms with Crippen molar-refractivity contribution in [1.82, 2.24) is 14.8 Å². The first kappa shape index (κ1) is 13.4. The Morgan fingerprint density at radius 3 is 2.68 bits per heavy atom. The molecule has 6 heteroatoms. The number of hydrogen-bond donors (Lipinski definition) is 2. The van der Waals surface area contributed by atoms with Crippen LogP contribution in [0.25, 0.3) is 0 Å². The minimum absolute atomic E-state index is 0.0240. The molecule has 2 saturated carbocycles. The van der Waals surface area contributed by atoms with Gasteiger partial charge in [-0.15, -0.1) is 10.2 Å². The summed E-state index contributed by atoms with van der Waals surface area (Å²) in [7, 11) is 0. The maximum absolute atomic E-state index is 9.16. The molecule has 0 aliphatic heterocycles. The van der Waals surface area contributed by atoms with Gasteiger partial charge in [0.1, 0.15) is 5.82 Å². The Kier molecular flexibility index (Phi) is 3.57. The van der Waals surface area contributed by atoms with E-state index in [-0.39, 0.29) is 6.61 Å². The third kappa shape index (κ3) is 3.12. The van der Waals surface area contributed by atoms with Crippen LogP contribution < -0.4 is 5.73 Å². The average Bonchev–Trinajstić information content (AvgIpc) is 3.29. The summed E-state index contributed by atoms with van der Waals surface area (Å²) in [6.45, 7) is 1.91. The number of nitrogens with zero attached hydrogens (tertiary/aromatic N) is 3. The highest BCUT2D eigenvalue weighted by Crippen LogP contribution is 2.46. The lowest BCUT2D eigenvalue weighted by molar-refractivity contribution is 0.206. The molecular formula is C13H22N4OS. The fourth-order valence-electron chi connectivity index (χ4n) is 2.14. The Balaban J connectivity index is 1.64. The number of hydrogen-bond acceptors (Lipinski definition) is 5. The van der Waals surface area contributed by atoms with E-state index in [0.29, 0.717) is 12.0 Å². The van der Waals surface area contributed by atoms with E-state index in [1.165, 1.54) is 31.5 Å². The van der Waals surface area contributed by atoms with Crippen molar-refractivity contribution >= 4 is 11.8 Å². The van der Waals surface area contributed by atoms with E-state index in [9.17, 15) is 0 Å². The van der Waals surface area contributed by atoms with Crippen molar-refractivity contribution in [2.24, 2.45) is 5.73 Å². The lowest BCUT2D eigenvalue weighted by Gasteiger charge is -2.20. The maximum atomic E-state index is 9.16. The van der Waals surface area contributed by atoms with Gasteiger partial charge in [0.25, 0.3) is 0 Å². The van der Waals surface area contributed by atoms with E-state index in [1.807, 2.05) is 6.92 Å². The van der Waals surface area contributed by atoms with Gasteiger partial charge in [0.05, 0.1) is 6.61 Å². The number of nitrogens with two attached hydrogens (primary N) is 1. The van der Waals surface area contributed by atoms with E-state index in [4.69, 9.17) is 10.8 Å². The second kappa shape index (κ2) is 5.07. The highest BCUT2D eigenvalue weighted by Gasteiger charge is 2.36. The van der Waals surface area contributed by atoms with Crippen LogP contribution >= 0.6 is 11.8 Å². The van der Waals surface area contributed by atoms with Crippen LogP contribution in [0.4, 0.5) is 0 Å². The van der Waals surface area contributed by atoms with Crippen molar-refractivity contribution < 1.29 is 5.11 Å². The van der Waals surface area contributed by atoms with Crippen LogP contribution in [0, 0.1) is 0 Å². The molecule has 0 saturated heterocycles. The van der Waals surface area contributed by atoms with Crippen LogP contribution in [0.1, 0.15) is 56.8 Å². The molecule has 3 N–H and O–H groups in total. The number of aliphatic hydroxyl groups excluding tert-OH is 1. The summed E-state index contributed by atoms with van der Waals surface area (Å²) in [4.78, 5) is 0. The second-order valence-electron chi connectivity index (χ2n) is 6.13. The topological polar surface area (TPSA) is 77.0 Å². The molecule has 1 atom stereocenters. The van der Waals surface area contributed by atoms with E-state index in [0.717, 1.165) is 17.3 Å². The van der Waals surface area contributed by atoms with Gasteiger partial charge in [-0.05, 0) is 39.0 Å². The Bertz CT molecular complexity index is 451. The van der Waals surface area contributed by atoms with Crippen molar-refractivity contribution in [2.45, 2.75) is 61.7 Å². The first-order valence-corrected chi connectivity index (χ1v) is 8.06. The van der Waals surface area contributed by atoms with Gasteiger partial charge in [0.2, 0.25) is 0 Å². The third-order valence-electron chi connectivity index (χ3n) is 3.81. The molecule has 1 heterocycles. The Hall–Kier alpha value is -0.590. The lowest BCUT2D eigenvalue weighted by atomic mass is 10.0. The zero-order valence-electron chi connectivity index (χ0n) is 11.4. The Labute approximate surface area is 118 Å². The molecule has 19 heavy (non-hydrogen) atoms. The molecule has 0 amide bonds. The highest BCUT2D eigenvalue weighted by atomic mass is 32.2. The molecule has 1 aromatic heterocycles. The number of thioether (sulfide) groups is 1. The van der Waals surface area contributed by atoms with E-state index < -0.39 is 5.54 Å². The van der Waals surface area contributed by atoms with Crippen LogP contribution in [0.15, 0.2) is 5.16 Å². The first-order valence-electron chi connectivity index (χ1n) is 7.08. The first-order chi connectivity index (χ1) is 9.11. The summed E-state index contributed by atoms with van der Waals surface area (Å²) in [6, 6.07) is 0.634. The van der Waals surface area contributed by atoms with Crippen LogP contribution in [0.3, 0.4) is 0 Å². The van der Waals surface area contributed by atoms with Gasteiger partial charge in [-0.3, -0.25) is 0 Å². The van der Waals surface area contributed by atoms with Gasteiger partial charge in [-0.1, -0.05) is 11.8 Å². The zero-order valence-corrected chi connectivity index (χ0v) is 12.2. The Morgan fingerprint density at radius 1 is 1.37 bits per heavy atom. The molecule has 3 rings (SSSR count). The summed E-state index contributed by atoms with van der Waals surface area (Å²) in [5.41, 5.74) is 5.46. The molecule has 0 bridgehead atoms. The van der Waals surface area contributed by atoms with Crippen molar-refractivity contribution in [3.63, 3.8) is 0 Å². The average molecular weight is 282 g/mol. The van der Waals surface area contributed by atoms with Gasteiger partial charge in [-0.25, -0.2) is 0 Å². The summed E-state index contributed by atoms with van der Waals surface area (Å²) >= 11 is 1.72. The predicted octanol–water partition coefficient (Wildman–Crippen LogP) is 1.68. The van der Waals surface area contributed by atoms with Crippen LogP contribution in [-0.2, 0) is 0 Å². The lowest BCUT2D eigenvalue weighted by Crippen LogP contribution is -2.40. The summed E-state index contributed by atoms with van der Waals surface area (Å²) < 4.78 is 2.36. The standard InChI is InChI=1S/C13H22N4OS/c1-13(14,8-18)6-7-19-12-16-15-11(9-2-3-9)17(12)10-4-5-10/h9-10,18H,2-8,14H2,1H3. The van der Waals surface area contributed by atoms with Crippen molar-refractivity contribution in [3.8, 4) is 0 Å². The molecule has 1 aromatic rings. The van der Waals surface area contributed by atoms with Crippen LogP contribution in [-0.4, -0.2) is 37.8 Å². The second-order valence-corrected chi connectivity index (χ2v) is 7.19. The molecule has 5 nitrogen and oxygen atoms in total. The van der Waals surface area contributed by atoms with E-state index >= 15 is 0 Å². The minimum Gasteiger partial charge on any atom is -0.394 e. The quantitative estimate of drug-likeness (QED) is 0.744. The smallest absolute Gasteiger partial charge is 0.191 e. The molecule has 2 aliphatic rings. The predicted molar refractivity (Wildman–Crippen MR) is 75.3 cm³/mol. The SMILES string of the molecule is CC(N)(CO)CCSc1nnc(C2CC2)n1C1CC1. The van der Waals surface area contributed by atoms with Crippen LogP contribution in [0.2, 0.25) is 0 Å². The van der Waals surface area contributed by atoms with Gasteiger partial charge in [0, 0.05) is 23.3 Å². The summed E-state index contributed by atoms with van der Waals surface area (Å²) in [5.74, 6) is 2.73. The van der Waals surface area contributed by atoms with Crippen molar-refractivity contribution in [1.29, 1.82) is 0 Å². The van der Waals surface area contributed by atoms with Gasteiger partial charge in [0.15, 0.2) is 5.16 Å². The fourth-order valence-corrected chi connectivity index (χ4v) is 3.37. The third-order valence-corrected chi connectivity index (χ3v) is 4.76. The van der Waals surface area contributed by atoms with Crippen LogP contribution in [0.5, 0.6) is 0 Å². The van der Waals surface area contributed by atoms with Gasteiger partial charge >= 0.3 is 0 Å². The number of aliphatic hydroxyl groups is 1. The van der Waals surface area contributed by atoms with Crippen molar-refractivity contribution in [3.05, 3.63) is 5.82 Å².